The Morgan fingerprint density at radius 3 is 2.14 bits per heavy atom. The van der Waals surface area contributed by atoms with E-state index in [0.29, 0.717) is 30.0 Å². The molecule has 35 heavy (non-hydrogen) atoms. The van der Waals surface area contributed by atoms with Gasteiger partial charge in [-0.05, 0) is 47.9 Å². The van der Waals surface area contributed by atoms with Crippen LogP contribution in [0.15, 0.2) is 72.8 Å². The summed E-state index contributed by atoms with van der Waals surface area (Å²) in [5, 5.41) is 5.92. The van der Waals surface area contributed by atoms with Crippen LogP contribution >= 0.6 is 0 Å². The van der Waals surface area contributed by atoms with Crippen molar-refractivity contribution in [2.24, 2.45) is 0 Å². The molecule has 8 heteroatoms. The molecule has 186 valence electrons. The Kier molecular flexibility index (Phi) is 8.76. The van der Waals surface area contributed by atoms with Gasteiger partial charge >= 0.3 is 6.18 Å². The minimum atomic E-state index is -4.45. The molecule has 0 heterocycles. The number of likely N-dealkylation sites (N-methyl/N-ethyl adjacent to an activating group) is 1. The van der Waals surface area contributed by atoms with Crippen LogP contribution in [0.5, 0.6) is 11.5 Å². The number of methoxy groups -OCH3 is 2. The minimum Gasteiger partial charge on any atom is -0.493 e. The van der Waals surface area contributed by atoms with E-state index < -0.39 is 17.8 Å². The van der Waals surface area contributed by atoms with Gasteiger partial charge in [0.05, 0.1) is 19.8 Å². The smallest absolute Gasteiger partial charge is 0.416 e. The predicted molar refractivity (Wildman–Crippen MR) is 129 cm³/mol. The Morgan fingerprint density at radius 2 is 1.51 bits per heavy atom. The van der Waals surface area contributed by atoms with E-state index in [1.165, 1.54) is 26.4 Å². The van der Waals surface area contributed by atoms with E-state index in [9.17, 15) is 18.0 Å². The maximum absolute atomic E-state index is 13.4. The predicted octanol–water partition coefficient (Wildman–Crippen LogP) is 5.32. The van der Waals surface area contributed by atoms with Gasteiger partial charge in [-0.25, -0.2) is 0 Å². The summed E-state index contributed by atoms with van der Waals surface area (Å²) in [5.74, 6) is 0.437. The third-order valence-corrected chi connectivity index (χ3v) is 5.85. The first kappa shape index (κ1) is 26.1. The van der Waals surface area contributed by atoms with Gasteiger partial charge in [-0.3, -0.25) is 4.79 Å². The number of alkyl halides is 3. The highest BCUT2D eigenvalue weighted by molar-refractivity contribution is 5.82. The average molecular weight is 487 g/mol. The highest BCUT2D eigenvalue weighted by Crippen LogP contribution is 2.37. The van der Waals surface area contributed by atoms with Crippen LogP contribution in [0.25, 0.3) is 0 Å². The van der Waals surface area contributed by atoms with E-state index in [0.717, 1.165) is 17.2 Å². The van der Waals surface area contributed by atoms with Crippen LogP contribution in [0.4, 0.5) is 13.2 Å². The van der Waals surface area contributed by atoms with Crippen LogP contribution in [-0.2, 0) is 11.0 Å². The van der Waals surface area contributed by atoms with Crippen molar-refractivity contribution in [2.75, 3.05) is 27.8 Å². The van der Waals surface area contributed by atoms with E-state index in [1.807, 2.05) is 36.4 Å². The van der Waals surface area contributed by atoms with Gasteiger partial charge in [-0.1, -0.05) is 54.6 Å². The zero-order valence-electron chi connectivity index (χ0n) is 19.9. The van der Waals surface area contributed by atoms with Gasteiger partial charge in [-0.15, -0.1) is 0 Å². The molecule has 2 N–H and O–H groups in total. The van der Waals surface area contributed by atoms with Crippen LogP contribution in [0.2, 0.25) is 0 Å². The third-order valence-electron chi connectivity index (χ3n) is 5.85. The molecule has 0 saturated carbocycles. The van der Waals surface area contributed by atoms with Gasteiger partial charge in [0.15, 0.2) is 11.5 Å². The maximum Gasteiger partial charge on any atom is 0.416 e. The lowest BCUT2D eigenvalue weighted by atomic mass is 9.87. The molecule has 3 aromatic carbocycles. The van der Waals surface area contributed by atoms with Crippen LogP contribution in [-0.4, -0.2) is 33.7 Å². The topological polar surface area (TPSA) is 59.6 Å². The van der Waals surface area contributed by atoms with Gasteiger partial charge < -0.3 is 20.1 Å². The van der Waals surface area contributed by atoms with E-state index in [-0.39, 0.29) is 11.8 Å². The number of carbonyl (C=O) groups excluding carboxylic acids is 1. The molecule has 0 aromatic heterocycles. The molecule has 3 aromatic rings. The van der Waals surface area contributed by atoms with Gasteiger partial charge in [0.2, 0.25) is 5.91 Å². The lowest BCUT2D eigenvalue weighted by Gasteiger charge is -2.23. The Bertz CT molecular complexity index is 1120. The second kappa shape index (κ2) is 11.8. The summed E-state index contributed by atoms with van der Waals surface area (Å²) >= 11 is 0. The second-order valence-corrected chi connectivity index (χ2v) is 7.99. The maximum atomic E-state index is 13.4. The van der Waals surface area contributed by atoms with E-state index in [2.05, 4.69) is 10.6 Å². The summed E-state index contributed by atoms with van der Waals surface area (Å²) in [6.45, 7) is 0.377. The largest absolute Gasteiger partial charge is 0.493 e. The molecule has 0 fully saturated rings. The van der Waals surface area contributed by atoms with Crippen LogP contribution in [0, 0.1) is 0 Å². The van der Waals surface area contributed by atoms with Gasteiger partial charge in [-0.2, -0.15) is 13.2 Å². The Hall–Kier alpha value is -3.52. The van der Waals surface area contributed by atoms with Crippen LogP contribution in [0.3, 0.4) is 0 Å². The molecule has 0 bridgehead atoms. The van der Waals surface area contributed by atoms with Crippen molar-refractivity contribution >= 4 is 5.91 Å². The number of benzene rings is 3. The molecule has 0 aliphatic heterocycles. The molecule has 0 radical (unpaired) electrons. The number of rotatable bonds is 10. The first-order chi connectivity index (χ1) is 16.8. The molecule has 0 aliphatic carbocycles. The van der Waals surface area contributed by atoms with Crippen LogP contribution < -0.4 is 20.1 Å². The van der Waals surface area contributed by atoms with E-state index in [4.69, 9.17) is 9.47 Å². The molecule has 0 saturated heterocycles. The molecule has 0 spiro atoms. The summed E-state index contributed by atoms with van der Waals surface area (Å²) in [6.07, 6.45) is -4.01. The van der Waals surface area contributed by atoms with Crippen molar-refractivity contribution in [1.82, 2.24) is 10.6 Å². The summed E-state index contributed by atoms with van der Waals surface area (Å²) < 4.78 is 51.0. The molecule has 0 aliphatic rings. The zero-order valence-corrected chi connectivity index (χ0v) is 19.9. The monoisotopic (exact) mass is 486 g/mol. The standard InChI is InChI=1S/C27H29F3N2O3/c1-31-26(33)25(18-8-5-4-6-9-18)32-15-14-22(19-10-7-11-21(16-19)27(28,29)30)20-12-13-23(34-2)24(17-20)35-3/h4-13,16-17,22,25,32H,14-15H2,1-3H3,(H,31,33)/t22-,25+/m1/s1. The van der Waals surface area contributed by atoms with Crippen molar-refractivity contribution in [3.05, 3.63) is 95.1 Å². The zero-order chi connectivity index (χ0) is 25.4. The Labute approximate surface area is 203 Å². The summed E-state index contributed by atoms with van der Waals surface area (Å²) in [7, 11) is 4.60. The minimum absolute atomic E-state index is 0.196. The molecule has 5 nitrogen and oxygen atoms in total. The number of hydrogen-bond acceptors (Lipinski definition) is 4. The number of ether oxygens (including phenoxy) is 2. The molecule has 3 rings (SSSR count). The number of halogens is 3. The van der Waals surface area contributed by atoms with Gasteiger partial charge in [0.25, 0.3) is 0 Å². The lowest BCUT2D eigenvalue weighted by molar-refractivity contribution is -0.137. The van der Waals surface area contributed by atoms with Crippen molar-refractivity contribution < 1.29 is 27.4 Å². The van der Waals surface area contributed by atoms with Crippen LogP contribution in [0.1, 0.15) is 40.6 Å². The van der Waals surface area contributed by atoms with Crippen molar-refractivity contribution in [3.8, 4) is 11.5 Å². The van der Waals surface area contributed by atoms with E-state index in [1.54, 1.807) is 25.2 Å². The molecule has 1 amide bonds. The fourth-order valence-electron chi connectivity index (χ4n) is 4.05. The number of carbonyl (C=O) groups is 1. The second-order valence-electron chi connectivity index (χ2n) is 7.99. The first-order valence-electron chi connectivity index (χ1n) is 11.2. The molecular formula is C27H29F3N2O3. The van der Waals surface area contributed by atoms with Gasteiger partial charge in [0, 0.05) is 13.0 Å². The highest BCUT2D eigenvalue weighted by Gasteiger charge is 2.31. The summed E-state index contributed by atoms with van der Waals surface area (Å²) in [6, 6.07) is 19.3. The Morgan fingerprint density at radius 1 is 0.857 bits per heavy atom. The Balaban J connectivity index is 1.92. The molecule has 0 unspecified atom stereocenters. The number of nitrogens with one attached hydrogen (secondary N) is 2. The normalized spacial score (nSPS) is 13.1. The number of hydrogen-bond donors (Lipinski definition) is 2. The van der Waals surface area contributed by atoms with Crippen molar-refractivity contribution in [3.63, 3.8) is 0 Å². The van der Waals surface area contributed by atoms with E-state index >= 15 is 0 Å². The first-order valence-corrected chi connectivity index (χ1v) is 11.2. The molecule has 2 atom stereocenters. The average Bonchev–Trinajstić information content (AvgIpc) is 2.88. The fourth-order valence-corrected chi connectivity index (χ4v) is 4.05. The lowest BCUT2D eigenvalue weighted by Crippen LogP contribution is -2.36. The summed E-state index contributed by atoms with van der Waals surface area (Å²) in [4.78, 5) is 12.5. The number of amides is 1. The fraction of sp³-hybridized carbons (Fsp3) is 0.296. The van der Waals surface area contributed by atoms with Crippen molar-refractivity contribution in [2.45, 2.75) is 24.6 Å². The third kappa shape index (κ3) is 6.54. The summed E-state index contributed by atoms with van der Waals surface area (Å²) in [5.41, 5.74) is 1.39. The molecular weight excluding hydrogens is 457 g/mol. The quantitative estimate of drug-likeness (QED) is 0.407. The van der Waals surface area contributed by atoms with Gasteiger partial charge in [0.1, 0.15) is 6.04 Å². The van der Waals surface area contributed by atoms with Crippen molar-refractivity contribution in [1.29, 1.82) is 0 Å². The SMILES string of the molecule is CNC(=O)[C@@H](NCC[C@H](c1cccc(C(F)(F)F)c1)c1ccc(OC)c(OC)c1)c1ccccc1. The highest BCUT2D eigenvalue weighted by atomic mass is 19.4.